The van der Waals surface area contributed by atoms with Gasteiger partial charge in [0.05, 0.1) is 26.3 Å². The van der Waals surface area contributed by atoms with Gasteiger partial charge in [-0.3, -0.25) is 4.79 Å². The SMILES string of the molecule is O=C(NCC[NH+]1CCOCC1)c1ccc(I)cc1. The summed E-state index contributed by atoms with van der Waals surface area (Å²) in [5, 5.41) is 2.96. The van der Waals surface area contributed by atoms with Gasteiger partial charge in [-0.25, -0.2) is 0 Å². The van der Waals surface area contributed by atoms with E-state index in [4.69, 9.17) is 4.74 Å². The van der Waals surface area contributed by atoms with E-state index in [-0.39, 0.29) is 5.91 Å². The maximum atomic E-state index is 11.9. The van der Waals surface area contributed by atoms with Gasteiger partial charge in [-0.1, -0.05) is 0 Å². The Morgan fingerprint density at radius 1 is 1.28 bits per heavy atom. The molecule has 0 bridgehead atoms. The summed E-state index contributed by atoms with van der Waals surface area (Å²) < 4.78 is 6.44. The van der Waals surface area contributed by atoms with Crippen LogP contribution in [0.15, 0.2) is 24.3 Å². The molecule has 2 rings (SSSR count). The molecule has 0 saturated carbocycles. The van der Waals surface area contributed by atoms with Crippen LogP contribution in [-0.4, -0.2) is 45.3 Å². The van der Waals surface area contributed by atoms with Crippen LogP contribution in [0.2, 0.25) is 0 Å². The first-order chi connectivity index (χ1) is 8.75. The van der Waals surface area contributed by atoms with Crippen LogP contribution in [0.1, 0.15) is 10.4 Å². The summed E-state index contributed by atoms with van der Waals surface area (Å²) in [5.41, 5.74) is 0.729. The summed E-state index contributed by atoms with van der Waals surface area (Å²) in [6.07, 6.45) is 0. The van der Waals surface area contributed by atoms with Crippen molar-refractivity contribution in [2.75, 3.05) is 39.4 Å². The summed E-state index contributed by atoms with van der Waals surface area (Å²) in [6, 6.07) is 7.61. The number of ether oxygens (including phenoxy) is 1. The van der Waals surface area contributed by atoms with Crippen LogP contribution in [-0.2, 0) is 4.74 Å². The van der Waals surface area contributed by atoms with Crippen LogP contribution in [0.25, 0.3) is 0 Å². The largest absolute Gasteiger partial charge is 0.370 e. The topological polar surface area (TPSA) is 42.8 Å². The van der Waals surface area contributed by atoms with E-state index in [1.54, 1.807) is 0 Å². The Hall–Kier alpha value is -0.660. The van der Waals surface area contributed by atoms with Gasteiger partial charge in [-0.2, -0.15) is 0 Å². The highest BCUT2D eigenvalue weighted by Gasteiger charge is 2.13. The van der Waals surface area contributed by atoms with E-state index in [1.165, 1.54) is 4.90 Å². The van der Waals surface area contributed by atoms with Gasteiger partial charge in [0.2, 0.25) is 0 Å². The Morgan fingerprint density at radius 3 is 2.61 bits per heavy atom. The molecule has 1 amide bonds. The highest BCUT2D eigenvalue weighted by Crippen LogP contribution is 2.06. The van der Waals surface area contributed by atoms with E-state index in [0.29, 0.717) is 0 Å². The van der Waals surface area contributed by atoms with Crippen molar-refractivity contribution in [1.82, 2.24) is 5.32 Å². The van der Waals surface area contributed by atoms with Gasteiger partial charge in [0.1, 0.15) is 13.1 Å². The molecule has 1 heterocycles. The zero-order chi connectivity index (χ0) is 12.8. The standard InChI is InChI=1S/C13H17IN2O2/c14-12-3-1-11(2-4-12)13(17)15-5-6-16-7-9-18-10-8-16/h1-4H,5-10H2,(H,15,17)/p+1. The third kappa shape index (κ3) is 4.22. The molecule has 1 fully saturated rings. The number of halogens is 1. The van der Waals surface area contributed by atoms with E-state index in [1.807, 2.05) is 24.3 Å². The molecular weight excluding hydrogens is 343 g/mol. The van der Waals surface area contributed by atoms with Gasteiger partial charge in [0.25, 0.3) is 5.91 Å². The molecule has 0 spiro atoms. The maximum Gasteiger partial charge on any atom is 0.251 e. The molecule has 0 atom stereocenters. The van der Waals surface area contributed by atoms with Crippen molar-refractivity contribution in [2.24, 2.45) is 0 Å². The molecule has 1 aromatic carbocycles. The number of quaternary nitrogens is 1. The molecule has 1 aliphatic heterocycles. The van der Waals surface area contributed by atoms with Crippen molar-refractivity contribution >= 4 is 28.5 Å². The first-order valence-electron chi connectivity index (χ1n) is 6.21. The van der Waals surface area contributed by atoms with E-state index in [0.717, 1.165) is 48.5 Å². The molecule has 0 radical (unpaired) electrons. The number of amides is 1. The predicted molar refractivity (Wildman–Crippen MR) is 77.9 cm³/mol. The smallest absolute Gasteiger partial charge is 0.251 e. The fourth-order valence-electron chi connectivity index (χ4n) is 1.97. The van der Waals surface area contributed by atoms with Crippen LogP contribution in [0.5, 0.6) is 0 Å². The average Bonchev–Trinajstić information content (AvgIpc) is 2.40. The summed E-state index contributed by atoms with van der Waals surface area (Å²) in [7, 11) is 0. The van der Waals surface area contributed by atoms with Crippen molar-refractivity contribution in [3.8, 4) is 0 Å². The third-order valence-electron chi connectivity index (χ3n) is 3.07. The third-order valence-corrected chi connectivity index (χ3v) is 3.79. The summed E-state index contributed by atoms with van der Waals surface area (Å²) >= 11 is 2.23. The van der Waals surface area contributed by atoms with Crippen molar-refractivity contribution in [3.05, 3.63) is 33.4 Å². The molecule has 1 aromatic rings. The van der Waals surface area contributed by atoms with Gasteiger partial charge in [-0.05, 0) is 46.9 Å². The Bertz CT molecular complexity index is 388. The lowest BCUT2D eigenvalue weighted by atomic mass is 10.2. The van der Waals surface area contributed by atoms with Gasteiger partial charge < -0.3 is 15.0 Å². The number of hydrogen-bond acceptors (Lipinski definition) is 2. The normalized spacial score (nSPS) is 16.5. The molecule has 5 heteroatoms. The number of carbonyl (C=O) groups is 1. The van der Waals surface area contributed by atoms with Gasteiger partial charge in [0, 0.05) is 9.13 Å². The molecule has 1 saturated heterocycles. The summed E-state index contributed by atoms with van der Waals surface area (Å²) in [6.45, 7) is 5.44. The van der Waals surface area contributed by atoms with Crippen molar-refractivity contribution in [2.45, 2.75) is 0 Å². The van der Waals surface area contributed by atoms with Crippen LogP contribution >= 0.6 is 22.6 Å². The molecule has 2 N–H and O–H groups in total. The molecule has 0 unspecified atom stereocenters. The molecule has 98 valence electrons. The number of rotatable bonds is 4. The Kier molecular flexibility index (Phi) is 5.40. The average molecular weight is 361 g/mol. The number of hydrogen-bond donors (Lipinski definition) is 2. The van der Waals surface area contributed by atoms with Crippen LogP contribution in [0, 0.1) is 3.57 Å². The minimum Gasteiger partial charge on any atom is -0.370 e. The first-order valence-corrected chi connectivity index (χ1v) is 7.28. The second kappa shape index (κ2) is 7.06. The number of benzene rings is 1. The fourth-order valence-corrected chi connectivity index (χ4v) is 2.33. The molecule has 18 heavy (non-hydrogen) atoms. The van der Waals surface area contributed by atoms with Crippen LogP contribution in [0.4, 0.5) is 0 Å². The summed E-state index contributed by atoms with van der Waals surface area (Å²) in [5.74, 6) is 0.0130. The minimum atomic E-state index is 0.0130. The lowest BCUT2D eigenvalue weighted by Gasteiger charge is -2.23. The molecular formula is C13H18IN2O2+. The maximum absolute atomic E-state index is 11.9. The molecule has 4 nitrogen and oxygen atoms in total. The van der Waals surface area contributed by atoms with Crippen molar-refractivity contribution in [1.29, 1.82) is 0 Å². The second-order valence-electron chi connectivity index (χ2n) is 4.38. The number of carbonyl (C=O) groups excluding carboxylic acids is 1. The number of morpholine rings is 1. The fraction of sp³-hybridized carbons (Fsp3) is 0.462. The van der Waals surface area contributed by atoms with E-state index in [9.17, 15) is 4.79 Å². The Morgan fingerprint density at radius 2 is 1.94 bits per heavy atom. The zero-order valence-electron chi connectivity index (χ0n) is 10.2. The van der Waals surface area contributed by atoms with Crippen molar-refractivity contribution in [3.63, 3.8) is 0 Å². The van der Waals surface area contributed by atoms with Crippen LogP contribution < -0.4 is 10.2 Å². The zero-order valence-corrected chi connectivity index (χ0v) is 12.4. The highest BCUT2D eigenvalue weighted by molar-refractivity contribution is 14.1. The van der Waals surface area contributed by atoms with Gasteiger partial charge in [-0.15, -0.1) is 0 Å². The first kappa shape index (κ1) is 13.8. The van der Waals surface area contributed by atoms with Gasteiger partial charge in [0.15, 0.2) is 0 Å². The quantitative estimate of drug-likeness (QED) is 0.738. The lowest BCUT2D eigenvalue weighted by molar-refractivity contribution is -0.906. The van der Waals surface area contributed by atoms with E-state index >= 15 is 0 Å². The molecule has 0 aliphatic carbocycles. The van der Waals surface area contributed by atoms with E-state index in [2.05, 4.69) is 27.9 Å². The van der Waals surface area contributed by atoms with Crippen LogP contribution in [0.3, 0.4) is 0 Å². The van der Waals surface area contributed by atoms with Crippen molar-refractivity contribution < 1.29 is 14.4 Å². The highest BCUT2D eigenvalue weighted by atomic mass is 127. The summed E-state index contributed by atoms with van der Waals surface area (Å²) in [4.78, 5) is 13.4. The molecule has 1 aliphatic rings. The minimum absolute atomic E-state index is 0.0130. The second-order valence-corrected chi connectivity index (χ2v) is 5.62. The van der Waals surface area contributed by atoms with E-state index < -0.39 is 0 Å². The Labute approximate surface area is 121 Å². The predicted octanol–water partition coefficient (Wildman–Crippen LogP) is -0.0639. The molecule has 0 aromatic heterocycles. The number of nitrogens with one attached hydrogen (secondary N) is 2. The Balaban J connectivity index is 1.72. The monoisotopic (exact) mass is 361 g/mol. The van der Waals surface area contributed by atoms with Gasteiger partial charge >= 0.3 is 0 Å². The lowest BCUT2D eigenvalue weighted by Crippen LogP contribution is -3.14.